The fourth-order valence-electron chi connectivity index (χ4n) is 1.26. The minimum atomic E-state index is -0.358. The van der Waals surface area contributed by atoms with Crippen LogP contribution in [-0.4, -0.2) is 29.5 Å². The van der Waals surface area contributed by atoms with Gasteiger partial charge in [0.1, 0.15) is 11.9 Å². The highest BCUT2D eigenvalue weighted by atomic mass is 16.5. The lowest BCUT2D eigenvalue weighted by molar-refractivity contribution is -0.122. The van der Waals surface area contributed by atoms with Crippen LogP contribution in [0.25, 0.3) is 0 Å². The molecule has 0 saturated carbocycles. The molecule has 0 fully saturated rings. The molecule has 0 aromatic rings. The summed E-state index contributed by atoms with van der Waals surface area (Å²) < 4.78 is 0. The summed E-state index contributed by atoms with van der Waals surface area (Å²) in [6.07, 6.45) is 0.705. The van der Waals surface area contributed by atoms with Gasteiger partial charge in [-0.25, -0.2) is 0 Å². The Kier molecular flexibility index (Phi) is 3.25. The molecule has 0 radical (unpaired) electrons. The van der Waals surface area contributed by atoms with Gasteiger partial charge in [0.2, 0.25) is 5.91 Å². The first-order valence-corrected chi connectivity index (χ1v) is 4.38. The van der Waals surface area contributed by atoms with Crippen LogP contribution in [0, 0.1) is 5.92 Å². The van der Waals surface area contributed by atoms with E-state index in [1.807, 2.05) is 19.3 Å². The van der Waals surface area contributed by atoms with E-state index in [4.69, 9.17) is 5.21 Å². The number of amides is 1. The quantitative estimate of drug-likeness (QED) is 0.526. The van der Waals surface area contributed by atoms with E-state index in [0.717, 1.165) is 0 Å². The Morgan fingerprint density at radius 2 is 2.46 bits per heavy atom. The van der Waals surface area contributed by atoms with Gasteiger partial charge in [-0.3, -0.25) is 20.5 Å². The average molecular weight is 185 g/mol. The molecule has 3 N–H and O–H groups in total. The zero-order chi connectivity index (χ0) is 9.84. The smallest absolute Gasteiger partial charge is 0.245 e. The maximum Gasteiger partial charge on any atom is 0.245 e. The van der Waals surface area contributed by atoms with E-state index in [1.54, 1.807) is 0 Å². The lowest BCUT2D eigenvalue weighted by Crippen LogP contribution is -2.46. The van der Waals surface area contributed by atoms with E-state index < -0.39 is 0 Å². The van der Waals surface area contributed by atoms with Crippen molar-refractivity contribution in [3.05, 3.63) is 0 Å². The number of hydrogen-bond donors (Lipinski definition) is 3. The van der Waals surface area contributed by atoms with Crippen LogP contribution in [0.1, 0.15) is 20.3 Å². The van der Waals surface area contributed by atoms with Crippen molar-refractivity contribution in [3.63, 3.8) is 0 Å². The fraction of sp³-hybridized carbons (Fsp3) is 0.750. The molecule has 0 saturated heterocycles. The van der Waals surface area contributed by atoms with Crippen molar-refractivity contribution in [2.24, 2.45) is 10.9 Å². The predicted molar refractivity (Wildman–Crippen MR) is 48.6 cm³/mol. The van der Waals surface area contributed by atoms with E-state index in [9.17, 15) is 4.79 Å². The number of hydrogen-bond acceptors (Lipinski definition) is 4. The van der Waals surface area contributed by atoms with Crippen molar-refractivity contribution >= 4 is 11.7 Å². The van der Waals surface area contributed by atoms with Gasteiger partial charge in [-0.1, -0.05) is 13.8 Å². The van der Waals surface area contributed by atoms with Crippen LogP contribution in [0.2, 0.25) is 0 Å². The number of nitrogens with one attached hydrogen (secondary N) is 2. The SMILES string of the molecule is CC(C)CC1N=C(NO)CNC1=O. The molecule has 0 spiro atoms. The van der Waals surface area contributed by atoms with E-state index >= 15 is 0 Å². The van der Waals surface area contributed by atoms with Crippen LogP contribution >= 0.6 is 0 Å². The Balaban J connectivity index is 2.63. The largest absolute Gasteiger partial charge is 0.347 e. The number of carbonyl (C=O) groups excluding carboxylic acids is 1. The molecular formula is C8H15N3O2. The number of hydroxylamine groups is 1. The second-order valence-electron chi connectivity index (χ2n) is 3.55. The topological polar surface area (TPSA) is 73.7 Å². The first-order chi connectivity index (χ1) is 6.13. The maximum atomic E-state index is 11.3. The zero-order valence-electron chi connectivity index (χ0n) is 7.87. The van der Waals surface area contributed by atoms with E-state index in [-0.39, 0.29) is 18.5 Å². The normalized spacial score (nSPS) is 22.6. The van der Waals surface area contributed by atoms with Crippen LogP contribution in [-0.2, 0) is 4.79 Å². The molecule has 1 unspecified atom stereocenters. The minimum absolute atomic E-state index is 0.0623. The molecule has 0 aromatic carbocycles. The molecule has 0 aliphatic carbocycles. The van der Waals surface area contributed by atoms with Crippen molar-refractivity contribution in [2.45, 2.75) is 26.3 Å². The Bertz CT molecular complexity index is 225. The molecule has 1 amide bonds. The molecule has 1 rings (SSSR count). The number of amidine groups is 1. The molecular weight excluding hydrogens is 170 g/mol. The van der Waals surface area contributed by atoms with Crippen molar-refractivity contribution in [3.8, 4) is 0 Å². The Morgan fingerprint density at radius 3 is 3.00 bits per heavy atom. The van der Waals surface area contributed by atoms with Crippen LogP contribution in [0.4, 0.5) is 0 Å². The van der Waals surface area contributed by atoms with Crippen molar-refractivity contribution in [1.82, 2.24) is 10.8 Å². The highest BCUT2D eigenvalue weighted by molar-refractivity contribution is 5.95. The third kappa shape index (κ3) is 2.69. The number of nitrogens with zero attached hydrogens (tertiary/aromatic N) is 1. The molecule has 1 heterocycles. The molecule has 0 aromatic heterocycles. The second kappa shape index (κ2) is 4.23. The minimum Gasteiger partial charge on any atom is -0.347 e. The summed E-state index contributed by atoms with van der Waals surface area (Å²) in [6.45, 7) is 4.34. The van der Waals surface area contributed by atoms with E-state index in [1.165, 1.54) is 0 Å². The maximum absolute atomic E-state index is 11.3. The molecule has 1 aliphatic rings. The first kappa shape index (κ1) is 9.98. The number of carbonyl (C=O) groups is 1. The van der Waals surface area contributed by atoms with Crippen LogP contribution in [0.3, 0.4) is 0 Å². The third-order valence-corrected chi connectivity index (χ3v) is 1.87. The summed E-state index contributed by atoms with van der Waals surface area (Å²) in [6, 6.07) is -0.358. The Hall–Kier alpha value is -1.10. The average Bonchev–Trinajstić information content (AvgIpc) is 2.08. The summed E-state index contributed by atoms with van der Waals surface area (Å²) in [5.74, 6) is 0.774. The lowest BCUT2D eigenvalue weighted by Gasteiger charge is -2.21. The summed E-state index contributed by atoms with van der Waals surface area (Å²) in [5.41, 5.74) is 1.96. The van der Waals surface area contributed by atoms with Crippen molar-refractivity contribution in [2.75, 3.05) is 6.54 Å². The van der Waals surface area contributed by atoms with Gasteiger partial charge in [0.05, 0.1) is 6.54 Å². The molecule has 13 heavy (non-hydrogen) atoms. The van der Waals surface area contributed by atoms with Gasteiger partial charge >= 0.3 is 0 Å². The Morgan fingerprint density at radius 1 is 1.77 bits per heavy atom. The Labute approximate surface area is 77.2 Å². The highest BCUT2D eigenvalue weighted by Crippen LogP contribution is 2.10. The van der Waals surface area contributed by atoms with Crippen LogP contribution < -0.4 is 10.8 Å². The van der Waals surface area contributed by atoms with Gasteiger partial charge in [0, 0.05) is 0 Å². The monoisotopic (exact) mass is 185 g/mol. The third-order valence-electron chi connectivity index (χ3n) is 1.87. The fourth-order valence-corrected chi connectivity index (χ4v) is 1.26. The van der Waals surface area contributed by atoms with Crippen molar-refractivity contribution < 1.29 is 10.0 Å². The van der Waals surface area contributed by atoms with Gasteiger partial charge in [0.25, 0.3) is 0 Å². The van der Waals surface area contributed by atoms with Crippen LogP contribution in [0.15, 0.2) is 4.99 Å². The standard InChI is InChI=1S/C8H15N3O2/c1-5(2)3-6-8(12)9-4-7(10-6)11-13/h5-6,13H,3-4H2,1-2H3,(H,9,12)(H,10,11). The van der Waals surface area contributed by atoms with Gasteiger partial charge in [-0.2, -0.15) is 0 Å². The van der Waals surface area contributed by atoms with E-state index in [2.05, 4.69) is 10.3 Å². The summed E-state index contributed by atoms with van der Waals surface area (Å²) in [7, 11) is 0. The lowest BCUT2D eigenvalue weighted by atomic mass is 10.0. The van der Waals surface area contributed by atoms with Gasteiger partial charge in [-0.05, 0) is 12.3 Å². The molecule has 5 heteroatoms. The molecule has 1 atom stereocenters. The summed E-state index contributed by atoms with van der Waals surface area (Å²) >= 11 is 0. The second-order valence-corrected chi connectivity index (χ2v) is 3.55. The van der Waals surface area contributed by atoms with Gasteiger partial charge < -0.3 is 5.32 Å². The summed E-state index contributed by atoms with van der Waals surface area (Å²) in [5, 5.41) is 11.2. The molecule has 1 aliphatic heterocycles. The van der Waals surface area contributed by atoms with Crippen molar-refractivity contribution in [1.29, 1.82) is 0 Å². The van der Waals surface area contributed by atoms with Gasteiger partial charge in [-0.15, -0.1) is 0 Å². The van der Waals surface area contributed by atoms with Gasteiger partial charge in [0.15, 0.2) is 0 Å². The zero-order valence-corrected chi connectivity index (χ0v) is 7.87. The van der Waals surface area contributed by atoms with E-state index in [0.29, 0.717) is 18.2 Å². The predicted octanol–water partition coefficient (Wildman–Crippen LogP) is -0.0918. The number of aliphatic imine (C=N–C) groups is 1. The number of rotatable bonds is 2. The first-order valence-electron chi connectivity index (χ1n) is 4.38. The van der Waals surface area contributed by atoms with Crippen LogP contribution in [0.5, 0.6) is 0 Å². The summed E-state index contributed by atoms with van der Waals surface area (Å²) in [4.78, 5) is 15.3. The molecule has 0 bridgehead atoms. The highest BCUT2D eigenvalue weighted by Gasteiger charge is 2.23. The molecule has 5 nitrogen and oxygen atoms in total. The molecule has 74 valence electrons.